The zero-order valence-electron chi connectivity index (χ0n) is 12.5. The van der Waals surface area contributed by atoms with Crippen molar-refractivity contribution < 1.29 is 8.42 Å². The van der Waals surface area contributed by atoms with E-state index in [0.717, 1.165) is 23.0 Å². The van der Waals surface area contributed by atoms with Crippen LogP contribution in [0, 0.1) is 5.92 Å². The van der Waals surface area contributed by atoms with Crippen molar-refractivity contribution in [2.45, 2.75) is 13.5 Å². The Balaban J connectivity index is 1.89. The van der Waals surface area contributed by atoms with Gasteiger partial charge in [-0.25, -0.2) is 8.42 Å². The van der Waals surface area contributed by atoms with Crippen molar-refractivity contribution in [3.05, 3.63) is 41.0 Å². The number of rotatable bonds is 2. The monoisotopic (exact) mass is 338 g/mol. The van der Waals surface area contributed by atoms with Gasteiger partial charge in [0.05, 0.1) is 17.0 Å². The molecule has 0 radical (unpaired) electrons. The number of halogens is 1. The van der Waals surface area contributed by atoms with Crippen LogP contribution in [0.25, 0.3) is 10.9 Å². The second kappa shape index (κ2) is 6.14. The molecule has 6 heteroatoms. The summed E-state index contributed by atoms with van der Waals surface area (Å²) in [7, 11) is -2.92. The highest BCUT2D eigenvalue weighted by Crippen LogP contribution is 2.26. The molecule has 4 nitrogen and oxygen atoms in total. The number of fused-ring (bicyclic) bond motifs is 1. The summed E-state index contributed by atoms with van der Waals surface area (Å²) < 4.78 is 23.8. The molecule has 1 fully saturated rings. The lowest BCUT2D eigenvalue weighted by molar-refractivity contribution is 0.257. The third-order valence-electron chi connectivity index (χ3n) is 4.02. The number of sulfone groups is 1. The average Bonchev–Trinajstić information content (AvgIpc) is 2.60. The summed E-state index contributed by atoms with van der Waals surface area (Å²) in [6, 6.07) is 7.71. The van der Waals surface area contributed by atoms with E-state index in [-0.39, 0.29) is 17.4 Å². The fourth-order valence-electron chi connectivity index (χ4n) is 3.08. The van der Waals surface area contributed by atoms with E-state index in [2.05, 4.69) is 9.88 Å². The molecule has 1 saturated heterocycles. The molecule has 0 bridgehead atoms. The molecule has 1 aromatic heterocycles. The highest BCUT2D eigenvalue weighted by atomic mass is 35.5. The molecule has 2 aromatic rings. The molecule has 2 heterocycles. The Hall–Kier alpha value is -1.17. The Bertz CT molecular complexity index is 792. The third kappa shape index (κ3) is 3.42. The molecular weight excluding hydrogens is 320 g/mol. The highest BCUT2D eigenvalue weighted by Gasteiger charge is 2.24. The van der Waals surface area contributed by atoms with E-state index in [1.54, 1.807) is 6.20 Å². The molecule has 118 valence electrons. The minimum Gasteiger partial charge on any atom is -0.298 e. The molecule has 0 saturated carbocycles. The number of hydrogen-bond acceptors (Lipinski definition) is 4. The lowest BCUT2D eigenvalue weighted by Gasteiger charge is -2.22. The predicted molar refractivity (Wildman–Crippen MR) is 89.8 cm³/mol. The van der Waals surface area contributed by atoms with Crippen molar-refractivity contribution in [2.75, 3.05) is 24.6 Å². The Morgan fingerprint density at radius 2 is 2.18 bits per heavy atom. The van der Waals surface area contributed by atoms with Crippen LogP contribution >= 0.6 is 11.6 Å². The molecule has 1 aliphatic heterocycles. The van der Waals surface area contributed by atoms with Gasteiger partial charge in [0.15, 0.2) is 9.84 Å². The lowest BCUT2D eigenvalue weighted by atomic mass is 10.1. The van der Waals surface area contributed by atoms with E-state index in [1.807, 2.05) is 31.2 Å². The lowest BCUT2D eigenvalue weighted by Crippen LogP contribution is -2.28. The van der Waals surface area contributed by atoms with Gasteiger partial charge < -0.3 is 0 Å². The maximum Gasteiger partial charge on any atom is 0.151 e. The van der Waals surface area contributed by atoms with E-state index in [4.69, 9.17) is 11.6 Å². The first-order valence-corrected chi connectivity index (χ1v) is 9.59. The topological polar surface area (TPSA) is 50.3 Å². The zero-order chi connectivity index (χ0) is 15.7. The normalized spacial score (nSPS) is 22.5. The SMILES string of the molecule is CC1CN(Cc2ccc(Cl)c3cccnc23)CCS(=O)(=O)C1. The number of aromatic nitrogens is 1. The Labute approximate surface area is 136 Å². The first-order chi connectivity index (χ1) is 10.4. The van der Waals surface area contributed by atoms with Crippen molar-refractivity contribution in [1.29, 1.82) is 0 Å². The van der Waals surface area contributed by atoms with Crippen molar-refractivity contribution in [2.24, 2.45) is 5.92 Å². The van der Waals surface area contributed by atoms with Gasteiger partial charge in [-0.15, -0.1) is 0 Å². The first kappa shape index (κ1) is 15.7. The standard InChI is InChI=1S/C16H19ClN2O2S/c1-12-9-19(7-8-22(20,21)11-12)10-13-4-5-15(17)14-3-2-6-18-16(13)14/h2-6,12H,7-11H2,1H3. The van der Waals surface area contributed by atoms with Crippen LogP contribution in [0.15, 0.2) is 30.5 Å². The Morgan fingerprint density at radius 1 is 1.36 bits per heavy atom. The summed E-state index contributed by atoms with van der Waals surface area (Å²) in [5, 5.41) is 1.64. The fourth-order valence-corrected chi connectivity index (χ4v) is 4.97. The summed E-state index contributed by atoms with van der Waals surface area (Å²) >= 11 is 6.23. The van der Waals surface area contributed by atoms with Crippen molar-refractivity contribution in [3.63, 3.8) is 0 Å². The number of pyridine rings is 1. The number of benzene rings is 1. The van der Waals surface area contributed by atoms with E-state index in [1.165, 1.54) is 0 Å². The van der Waals surface area contributed by atoms with E-state index < -0.39 is 9.84 Å². The van der Waals surface area contributed by atoms with Gasteiger partial charge in [-0.3, -0.25) is 9.88 Å². The highest BCUT2D eigenvalue weighted by molar-refractivity contribution is 7.91. The second-order valence-electron chi connectivity index (χ2n) is 6.06. The van der Waals surface area contributed by atoms with E-state index >= 15 is 0 Å². The maximum atomic E-state index is 11.9. The Morgan fingerprint density at radius 3 is 3.00 bits per heavy atom. The summed E-state index contributed by atoms with van der Waals surface area (Å²) in [6.07, 6.45) is 1.76. The largest absolute Gasteiger partial charge is 0.298 e. The van der Waals surface area contributed by atoms with Gasteiger partial charge in [-0.1, -0.05) is 24.6 Å². The quantitative estimate of drug-likeness (QED) is 0.845. The number of nitrogens with zero attached hydrogens (tertiary/aromatic N) is 2. The van der Waals surface area contributed by atoms with Crippen LogP contribution in [-0.4, -0.2) is 42.9 Å². The molecule has 0 spiro atoms. The van der Waals surface area contributed by atoms with E-state index in [9.17, 15) is 8.42 Å². The van der Waals surface area contributed by atoms with Crippen LogP contribution < -0.4 is 0 Å². The van der Waals surface area contributed by atoms with Gasteiger partial charge in [0.1, 0.15) is 0 Å². The predicted octanol–water partition coefficient (Wildman–Crippen LogP) is 2.75. The van der Waals surface area contributed by atoms with Gasteiger partial charge in [-0.2, -0.15) is 0 Å². The maximum absolute atomic E-state index is 11.9. The van der Waals surface area contributed by atoms with Crippen molar-refractivity contribution in [3.8, 4) is 0 Å². The van der Waals surface area contributed by atoms with Gasteiger partial charge in [0, 0.05) is 36.2 Å². The molecular formula is C16H19ClN2O2S. The van der Waals surface area contributed by atoms with Gasteiger partial charge in [0.2, 0.25) is 0 Å². The molecule has 22 heavy (non-hydrogen) atoms. The van der Waals surface area contributed by atoms with Crippen LogP contribution in [0.1, 0.15) is 12.5 Å². The summed E-state index contributed by atoms with van der Waals surface area (Å²) in [5.41, 5.74) is 1.99. The molecule has 1 aliphatic rings. The minimum atomic E-state index is -2.92. The first-order valence-electron chi connectivity index (χ1n) is 7.39. The average molecular weight is 339 g/mol. The van der Waals surface area contributed by atoms with Gasteiger partial charge in [0.25, 0.3) is 0 Å². The smallest absolute Gasteiger partial charge is 0.151 e. The van der Waals surface area contributed by atoms with Gasteiger partial charge >= 0.3 is 0 Å². The molecule has 0 N–H and O–H groups in total. The minimum absolute atomic E-state index is 0.152. The number of hydrogen-bond donors (Lipinski definition) is 0. The van der Waals surface area contributed by atoms with Gasteiger partial charge in [-0.05, 0) is 29.7 Å². The molecule has 0 amide bonds. The molecule has 1 atom stereocenters. The molecule has 1 aromatic carbocycles. The summed E-state index contributed by atoms with van der Waals surface area (Å²) in [4.78, 5) is 6.65. The molecule has 1 unspecified atom stereocenters. The van der Waals surface area contributed by atoms with Crippen molar-refractivity contribution >= 4 is 32.3 Å². The van der Waals surface area contributed by atoms with Crippen LogP contribution in [0.4, 0.5) is 0 Å². The zero-order valence-corrected chi connectivity index (χ0v) is 14.1. The van der Waals surface area contributed by atoms with Crippen LogP contribution in [0.2, 0.25) is 5.02 Å². The van der Waals surface area contributed by atoms with Crippen LogP contribution in [-0.2, 0) is 16.4 Å². The molecule has 0 aliphatic carbocycles. The Kier molecular flexibility index (Phi) is 4.39. The van der Waals surface area contributed by atoms with Crippen LogP contribution in [0.3, 0.4) is 0 Å². The summed E-state index contributed by atoms with van der Waals surface area (Å²) in [6.45, 7) is 4.05. The van der Waals surface area contributed by atoms with E-state index in [0.29, 0.717) is 18.1 Å². The van der Waals surface area contributed by atoms with Crippen molar-refractivity contribution in [1.82, 2.24) is 9.88 Å². The summed E-state index contributed by atoms with van der Waals surface area (Å²) in [5.74, 6) is 0.665. The fraction of sp³-hybridized carbons (Fsp3) is 0.438. The third-order valence-corrected chi connectivity index (χ3v) is 6.23. The van der Waals surface area contributed by atoms with Crippen LogP contribution in [0.5, 0.6) is 0 Å². The second-order valence-corrected chi connectivity index (χ2v) is 8.70. The molecule has 3 rings (SSSR count).